The third kappa shape index (κ3) is 8.06. The lowest BCUT2D eigenvalue weighted by atomic mass is 10.3. The number of nitrogens with zero attached hydrogens (tertiary/aromatic N) is 2. The van der Waals surface area contributed by atoms with E-state index in [0.29, 0.717) is 13.2 Å². The predicted molar refractivity (Wildman–Crippen MR) is 127 cm³/mol. The molecule has 0 radical (unpaired) electrons. The summed E-state index contributed by atoms with van der Waals surface area (Å²) in [7, 11) is 0. The molecule has 0 fully saturated rings. The third-order valence-electron chi connectivity index (χ3n) is 4.21. The third-order valence-corrected chi connectivity index (χ3v) is 4.21. The van der Waals surface area contributed by atoms with Gasteiger partial charge < -0.3 is 24.8 Å². The lowest BCUT2D eigenvalue weighted by Gasteiger charge is -2.11. The zero-order chi connectivity index (χ0) is 19.4. The van der Waals surface area contributed by atoms with Gasteiger partial charge in [-0.3, -0.25) is 4.99 Å². The summed E-state index contributed by atoms with van der Waals surface area (Å²) in [5.41, 5.74) is 2.11. The molecule has 0 aliphatic rings. The van der Waals surface area contributed by atoms with Gasteiger partial charge in [-0.25, -0.2) is 4.98 Å². The summed E-state index contributed by atoms with van der Waals surface area (Å²) < 4.78 is 10.8. The second kappa shape index (κ2) is 13.2. The number of aryl methyl sites for hydroxylation is 1. The van der Waals surface area contributed by atoms with E-state index in [4.69, 9.17) is 9.15 Å². The van der Waals surface area contributed by atoms with Crippen LogP contribution in [0.1, 0.15) is 31.4 Å². The Bertz CT molecular complexity index is 815. The fraction of sp³-hybridized carbons (Fsp3) is 0.429. The SMILES string of the molecule is CCNC(=NCCCc1nc2ccccc2[nH]1)NCCCOCc1ccco1.I. The van der Waals surface area contributed by atoms with E-state index in [0.717, 1.165) is 67.5 Å². The Morgan fingerprint density at radius 1 is 1.17 bits per heavy atom. The summed E-state index contributed by atoms with van der Waals surface area (Å²) >= 11 is 0. The van der Waals surface area contributed by atoms with Gasteiger partial charge in [0.1, 0.15) is 18.2 Å². The summed E-state index contributed by atoms with van der Waals surface area (Å²) in [5.74, 6) is 2.72. The molecule has 2 heterocycles. The number of para-hydroxylation sites is 2. The molecule has 0 saturated heterocycles. The number of nitrogens with one attached hydrogen (secondary N) is 3. The number of rotatable bonds is 11. The van der Waals surface area contributed by atoms with Crippen LogP contribution in [0, 0.1) is 0 Å². The number of halogens is 1. The molecule has 3 rings (SSSR count). The van der Waals surface area contributed by atoms with Crippen molar-refractivity contribution >= 4 is 41.0 Å². The molecule has 3 aromatic rings. The van der Waals surface area contributed by atoms with Gasteiger partial charge in [0.05, 0.1) is 17.3 Å². The Morgan fingerprint density at radius 2 is 2.07 bits per heavy atom. The Balaban J connectivity index is 0.00000300. The van der Waals surface area contributed by atoms with Crippen molar-refractivity contribution in [1.82, 2.24) is 20.6 Å². The molecule has 0 amide bonds. The van der Waals surface area contributed by atoms with Crippen LogP contribution in [0.2, 0.25) is 0 Å². The van der Waals surface area contributed by atoms with Gasteiger partial charge in [-0.2, -0.15) is 0 Å². The lowest BCUT2D eigenvalue weighted by molar-refractivity contribution is 0.105. The first-order valence-corrected chi connectivity index (χ1v) is 9.91. The van der Waals surface area contributed by atoms with Gasteiger partial charge in [-0.15, -0.1) is 24.0 Å². The number of benzene rings is 1. The van der Waals surface area contributed by atoms with Crippen LogP contribution in [0.25, 0.3) is 11.0 Å². The second-order valence-corrected chi connectivity index (χ2v) is 6.48. The van der Waals surface area contributed by atoms with Crippen LogP contribution < -0.4 is 10.6 Å². The zero-order valence-electron chi connectivity index (χ0n) is 16.8. The van der Waals surface area contributed by atoms with E-state index in [2.05, 4.69) is 38.6 Å². The maximum absolute atomic E-state index is 5.59. The van der Waals surface area contributed by atoms with Gasteiger partial charge in [0.15, 0.2) is 5.96 Å². The van der Waals surface area contributed by atoms with E-state index in [1.807, 2.05) is 30.3 Å². The number of H-pyrrole nitrogens is 1. The van der Waals surface area contributed by atoms with E-state index in [9.17, 15) is 0 Å². The van der Waals surface area contributed by atoms with Crippen LogP contribution in [-0.2, 0) is 17.8 Å². The van der Waals surface area contributed by atoms with Crippen molar-refractivity contribution in [1.29, 1.82) is 0 Å². The fourth-order valence-electron chi connectivity index (χ4n) is 2.85. The van der Waals surface area contributed by atoms with Crippen LogP contribution in [0.15, 0.2) is 52.1 Å². The minimum Gasteiger partial charge on any atom is -0.467 e. The van der Waals surface area contributed by atoms with E-state index < -0.39 is 0 Å². The number of aromatic amines is 1. The van der Waals surface area contributed by atoms with E-state index in [1.165, 1.54) is 0 Å². The van der Waals surface area contributed by atoms with Crippen molar-refractivity contribution in [3.05, 3.63) is 54.2 Å². The summed E-state index contributed by atoms with van der Waals surface area (Å²) in [4.78, 5) is 12.6. The Hall–Kier alpha value is -2.07. The molecule has 3 N–H and O–H groups in total. The normalized spacial score (nSPS) is 11.4. The molecule has 0 atom stereocenters. The van der Waals surface area contributed by atoms with Crippen molar-refractivity contribution < 1.29 is 9.15 Å². The molecule has 0 bridgehead atoms. The van der Waals surface area contributed by atoms with Crippen molar-refractivity contribution in [2.45, 2.75) is 32.8 Å². The van der Waals surface area contributed by atoms with Crippen LogP contribution in [0.4, 0.5) is 0 Å². The van der Waals surface area contributed by atoms with Crippen LogP contribution >= 0.6 is 24.0 Å². The number of fused-ring (bicyclic) bond motifs is 1. The minimum absolute atomic E-state index is 0. The molecule has 158 valence electrons. The monoisotopic (exact) mass is 511 g/mol. The maximum atomic E-state index is 5.59. The smallest absolute Gasteiger partial charge is 0.191 e. The maximum Gasteiger partial charge on any atom is 0.191 e. The molecule has 1 aromatic carbocycles. The molecular formula is C21H30IN5O2. The highest BCUT2D eigenvalue weighted by atomic mass is 127. The van der Waals surface area contributed by atoms with Gasteiger partial charge in [0.2, 0.25) is 0 Å². The van der Waals surface area contributed by atoms with E-state index in [-0.39, 0.29) is 24.0 Å². The standard InChI is InChI=1S/C21H29N5O2.HI/c1-2-22-21(24-13-7-14-27-16-17-8-6-15-28-17)23-12-5-11-20-25-18-9-3-4-10-19(18)26-20;/h3-4,6,8-10,15H,2,5,7,11-14,16H2,1H3,(H,25,26)(H2,22,23,24);1H. The molecule has 7 nitrogen and oxygen atoms in total. The number of hydrogen-bond acceptors (Lipinski definition) is 4. The van der Waals surface area contributed by atoms with Crippen molar-refractivity contribution in [3.8, 4) is 0 Å². The largest absolute Gasteiger partial charge is 0.467 e. The summed E-state index contributed by atoms with van der Waals surface area (Å²) in [6.45, 7) is 5.67. The van der Waals surface area contributed by atoms with Crippen molar-refractivity contribution in [3.63, 3.8) is 0 Å². The van der Waals surface area contributed by atoms with Gasteiger partial charge in [-0.05, 0) is 44.0 Å². The highest BCUT2D eigenvalue weighted by molar-refractivity contribution is 14.0. The highest BCUT2D eigenvalue weighted by Crippen LogP contribution is 2.11. The number of furan rings is 1. The summed E-state index contributed by atoms with van der Waals surface area (Å²) in [5, 5.41) is 6.62. The number of hydrogen-bond donors (Lipinski definition) is 3. The molecule has 29 heavy (non-hydrogen) atoms. The topological polar surface area (TPSA) is 87.5 Å². The number of guanidine groups is 1. The first-order valence-electron chi connectivity index (χ1n) is 9.91. The van der Waals surface area contributed by atoms with Gasteiger partial charge in [-0.1, -0.05) is 12.1 Å². The Morgan fingerprint density at radius 3 is 2.86 bits per heavy atom. The summed E-state index contributed by atoms with van der Waals surface area (Å²) in [6.07, 6.45) is 4.40. The molecular weight excluding hydrogens is 481 g/mol. The van der Waals surface area contributed by atoms with Crippen LogP contribution in [0.5, 0.6) is 0 Å². The first kappa shape index (κ1) is 23.2. The van der Waals surface area contributed by atoms with Crippen molar-refractivity contribution in [2.24, 2.45) is 4.99 Å². The van der Waals surface area contributed by atoms with Gasteiger partial charge >= 0.3 is 0 Å². The molecule has 0 aliphatic heterocycles. The molecule has 0 spiro atoms. The van der Waals surface area contributed by atoms with Crippen LogP contribution in [0.3, 0.4) is 0 Å². The minimum atomic E-state index is 0. The average Bonchev–Trinajstić information content (AvgIpc) is 3.36. The molecule has 2 aromatic heterocycles. The predicted octanol–water partition coefficient (Wildman–Crippen LogP) is 3.87. The quantitative estimate of drug-likeness (QED) is 0.158. The van der Waals surface area contributed by atoms with Crippen LogP contribution in [-0.4, -0.2) is 42.2 Å². The van der Waals surface area contributed by atoms with E-state index in [1.54, 1.807) is 6.26 Å². The molecule has 8 heteroatoms. The summed E-state index contributed by atoms with van der Waals surface area (Å²) in [6, 6.07) is 11.9. The number of aliphatic imine (C=N–C) groups is 1. The number of imidazole rings is 1. The van der Waals surface area contributed by atoms with E-state index >= 15 is 0 Å². The highest BCUT2D eigenvalue weighted by Gasteiger charge is 2.02. The van der Waals surface area contributed by atoms with Gasteiger partial charge in [0, 0.05) is 32.7 Å². The second-order valence-electron chi connectivity index (χ2n) is 6.48. The molecule has 0 unspecified atom stereocenters. The zero-order valence-corrected chi connectivity index (χ0v) is 19.1. The molecule has 0 aliphatic carbocycles. The average molecular weight is 511 g/mol. The Labute approximate surface area is 188 Å². The van der Waals surface area contributed by atoms with Gasteiger partial charge in [0.25, 0.3) is 0 Å². The molecule has 0 saturated carbocycles. The Kier molecular flexibility index (Phi) is 10.6. The number of aromatic nitrogens is 2. The van der Waals surface area contributed by atoms with Crippen molar-refractivity contribution in [2.75, 3.05) is 26.2 Å². The first-order chi connectivity index (χ1) is 13.8. The fourth-order valence-corrected chi connectivity index (χ4v) is 2.85. The number of ether oxygens (including phenoxy) is 1. The lowest BCUT2D eigenvalue weighted by Crippen LogP contribution is -2.38.